The normalized spacial score (nSPS) is 11.2. The van der Waals surface area contributed by atoms with Gasteiger partial charge in [0.2, 0.25) is 0 Å². The number of nitrogens with zero attached hydrogens (tertiary/aromatic N) is 4. The van der Waals surface area contributed by atoms with E-state index in [0.717, 1.165) is 4.47 Å². The second kappa shape index (κ2) is 7.71. The zero-order valence-corrected chi connectivity index (χ0v) is 17.5. The minimum atomic E-state index is -0.528. The fraction of sp³-hybridized carbons (Fsp3) is 0.0714. The van der Waals surface area contributed by atoms with Crippen molar-refractivity contribution in [3.8, 4) is 0 Å². The molecule has 2 N–H and O–H groups in total. The van der Waals surface area contributed by atoms with Gasteiger partial charge in [-0.1, -0.05) is 6.07 Å². The van der Waals surface area contributed by atoms with Crippen molar-refractivity contribution in [2.75, 3.05) is 0 Å². The Labute approximate surface area is 165 Å². The Kier molecular flexibility index (Phi) is 5.60. The maximum atomic E-state index is 12.5. The lowest BCUT2D eigenvalue weighted by atomic mass is 10.2. The van der Waals surface area contributed by atoms with Gasteiger partial charge in [-0.3, -0.25) is 25.4 Å². The third kappa shape index (κ3) is 3.80. The van der Waals surface area contributed by atoms with Gasteiger partial charge < -0.3 is 0 Å². The van der Waals surface area contributed by atoms with Gasteiger partial charge in [-0.05, 0) is 62.6 Å². The highest BCUT2D eigenvalue weighted by molar-refractivity contribution is 14.2. The van der Waals surface area contributed by atoms with Crippen LogP contribution in [0.1, 0.15) is 26.5 Å². The van der Waals surface area contributed by atoms with E-state index in [-0.39, 0.29) is 17.8 Å². The molecule has 3 rings (SSSR count). The number of pyridine rings is 2. The molecule has 3 aromatic rings. The lowest BCUT2D eigenvalue weighted by Crippen LogP contribution is -2.42. The Morgan fingerprint density at radius 1 is 1.24 bits per heavy atom. The maximum Gasteiger partial charge on any atom is 0.290 e. The maximum absolute atomic E-state index is 12.5. The molecule has 0 bridgehead atoms. The Bertz CT molecular complexity index is 979. The molecule has 2 amide bonds. The highest BCUT2D eigenvalue weighted by Gasteiger charge is 2.19. The number of halogens is 2. The molecule has 0 saturated heterocycles. The van der Waals surface area contributed by atoms with Crippen LogP contribution in [0.2, 0.25) is 0 Å². The monoisotopic (exact) mass is 532 g/mol. The van der Waals surface area contributed by atoms with Crippen LogP contribution in [0.4, 0.5) is 0 Å². The number of hydrogen-bond acceptors (Lipinski definition) is 5. The summed E-state index contributed by atoms with van der Waals surface area (Å²) < 4.78 is 2.38. The van der Waals surface area contributed by atoms with Crippen molar-refractivity contribution in [2.24, 2.45) is 0 Å². The van der Waals surface area contributed by atoms with Gasteiger partial charge in [0.25, 0.3) is 11.8 Å². The smallest absolute Gasteiger partial charge is 0.266 e. The number of aromatic nitrogens is 4. The second-order valence-electron chi connectivity index (χ2n) is 4.95. The lowest BCUT2D eigenvalue weighted by molar-refractivity contribution is 0.0841. The number of hydrogen-bond donors (Lipinski definition) is 2. The van der Waals surface area contributed by atoms with Gasteiger partial charge in [0.1, 0.15) is 5.69 Å². The highest BCUT2D eigenvalue weighted by Crippen LogP contribution is 2.30. The fourth-order valence-electron chi connectivity index (χ4n) is 2.16. The molecule has 25 heavy (non-hydrogen) atoms. The van der Waals surface area contributed by atoms with E-state index in [0.29, 0.717) is 16.6 Å². The van der Waals surface area contributed by atoms with Crippen LogP contribution >= 0.6 is 44.3 Å². The minimum Gasteiger partial charge on any atom is -0.266 e. The van der Waals surface area contributed by atoms with Crippen LogP contribution < -0.4 is 10.9 Å². The van der Waals surface area contributed by atoms with E-state index in [1.54, 1.807) is 35.8 Å². The summed E-state index contributed by atoms with van der Waals surface area (Å²) in [4.78, 5) is 32.9. The number of fused-ring (bicyclic) bond motifs is 1. The summed E-state index contributed by atoms with van der Waals surface area (Å²) in [5, 5.41) is 4.87. The molecule has 0 radical (unpaired) electrons. The van der Waals surface area contributed by atoms with Crippen LogP contribution in [0.15, 0.2) is 35.1 Å². The van der Waals surface area contributed by atoms with Crippen molar-refractivity contribution in [1.82, 2.24) is 30.4 Å². The summed E-state index contributed by atoms with van der Waals surface area (Å²) in [7, 11) is 0. The number of aryl methyl sites for hydroxylation is 1. The van der Waals surface area contributed by atoms with Crippen LogP contribution in [-0.2, 0) is 0 Å². The predicted molar refractivity (Wildman–Crippen MR) is 107 cm³/mol. The zero-order valence-electron chi connectivity index (χ0n) is 12.7. The first-order chi connectivity index (χ1) is 12.0. The third-order valence-corrected chi connectivity index (χ3v) is 5.57. The van der Waals surface area contributed by atoms with E-state index in [4.69, 9.17) is 0 Å². The molecule has 0 aliphatic carbocycles. The first-order valence-corrected chi connectivity index (χ1v) is 11.8. The Hall–Kier alpha value is -1.65. The number of amides is 2. The van der Waals surface area contributed by atoms with Gasteiger partial charge in [-0.15, -0.1) is 0 Å². The molecule has 128 valence electrons. The summed E-state index contributed by atoms with van der Waals surface area (Å²) >= 11 is 5.50. The summed E-state index contributed by atoms with van der Waals surface area (Å²) in [6, 6.07) is 5.27. The average Bonchev–Trinajstić information content (AvgIpc) is 2.97. The van der Waals surface area contributed by atoms with Crippen molar-refractivity contribution in [1.29, 1.82) is 0 Å². The van der Waals surface area contributed by atoms with Crippen molar-refractivity contribution >= 4 is 67.2 Å². The average molecular weight is 533 g/mol. The van der Waals surface area contributed by atoms with Gasteiger partial charge in [-0.25, -0.2) is 9.44 Å². The number of carbonyl (C=O) groups is 2. The van der Waals surface area contributed by atoms with E-state index in [9.17, 15) is 9.59 Å². The van der Waals surface area contributed by atoms with Crippen molar-refractivity contribution in [3.63, 3.8) is 0 Å². The number of rotatable bonds is 3. The molecule has 3 aromatic heterocycles. The molecule has 0 saturated carbocycles. The Balaban J connectivity index is 1.82. The zero-order chi connectivity index (χ0) is 18.0. The van der Waals surface area contributed by atoms with Gasteiger partial charge >= 0.3 is 0 Å². The highest BCUT2D eigenvalue weighted by atomic mass is 127. The molecule has 0 spiro atoms. The summed E-state index contributed by atoms with van der Waals surface area (Å²) in [6.07, 6.45) is 3.45. The fourth-order valence-corrected chi connectivity index (χ4v) is 3.89. The van der Waals surface area contributed by atoms with Gasteiger partial charge in [0, 0.05) is 16.9 Å². The van der Waals surface area contributed by atoms with Crippen LogP contribution in [-0.4, -0.2) is 31.3 Å². The molecule has 3 heterocycles. The molecule has 0 aliphatic rings. The van der Waals surface area contributed by atoms with E-state index in [1.165, 1.54) is 6.20 Å². The van der Waals surface area contributed by atoms with Crippen LogP contribution in [0.25, 0.3) is 11.0 Å². The Morgan fingerprint density at radius 3 is 2.64 bits per heavy atom. The van der Waals surface area contributed by atoms with Crippen molar-refractivity contribution < 1.29 is 9.59 Å². The standard InChI is InChI=1S/C14H11BrIN6O2P/c1-7-3-2-4-17-10(7)13(23)19-20-14(24)11-9-5-8(15)6-18-12(9)22(21-11)25-16/h2-6,25H,1H3,(H,19,23)(H,20,24). The summed E-state index contributed by atoms with van der Waals surface area (Å²) in [5.74, 6) is -1.02. The lowest BCUT2D eigenvalue weighted by Gasteiger charge is -2.07. The summed E-state index contributed by atoms with van der Waals surface area (Å²) in [5.41, 5.74) is 6.49. The van der Waals surface area contributed by atoms with E-state index in [1.807, 2.05) is 0 Å². The van der Waals surface area contributed by atoms with Crippen LogP contribution in [0, 0.1) is 6.92 Å². The first kappa shape index (κ1) is 18.2. The molecule has 11 heteroatoms. The molecular weight excluding hydrogens is 522 g/mol. The van der Waals surface area contributed by atoms with Crippen molar-refractivity contribution in [2.45, 2.75) is 6.92 Å². The molecule has 0 fully saturated rings. The topological polar surface area (TPSA) is 102 Å². The largest absolute Gasteiger partial charge is 0.290 e. The molecular formula is C14H11BrIN6O2P. The summed E-state index contributed by atoms with van der Waals surface area (Å²) in [6.45, 7) is 1.77. The van der Waals surface area contributed by atoms with Crippen LogP contribution in [0.5, 0.6) is 0 Å². The first-order valence-electron chi connectivity index (χ1n) is 6.94. The second-order valence-corrected chi connectivity index (χ2v) is 7.90. The van der Waals surface area contributed by atoms with Crippen molar-refractivity contribution in [3.05, 3.63) is 52.0 Å². The SMILES string of the molecule is Cc1cccnc1C(=O)NNC(=O)c1nn(PI)c2ncc(Br)cc12. The molecule has 0 aliphatic heterocycles. The molecule has 0 aromatic carbocycles. The molecule has 1 unspecified atom stereocenters. The van der Waals surface area contributed by atoms with E-state index in [2.05, 4.69) is 63.9 Å². The number of carbonyl (C=O) groups excluding carboxylic acids is 2. The van der Waals surface area contributed by atoms with Gasteiger partial charge in [0.15, 0.2) is 11.3 Å². The Morgan fingerprint density at radius 2 is 1.96 bits per heavy atom. The van der Waals surface area contributed by atoms with E-state index < -0.39 is 11.8 Å². The predicted octanol–water partition coefficient (Wildman–Crippen LogP) is 2.76. The van der Waals surface area contributed by atoms with Gasteiger partial charge in [-0.2, -0.15) is 5.10 Å². The minimum absolute atomic E-state index is 0.186. The van der Waals surface area contributed by atoms with Gasteiger partial charge in [0.05, 0.1) is 11.8 Å². The molecule has 8 nitrogen and oxygen atoms in total. The number of nitrogens with one attached hydrogen (secondary N) is 2. The molecule has 1 atom stereocenters. The van der Waals surface area contributed by atoms with E-state index >= 15 is 0 Å². The number of hydrazine groups is 1. The third-order valence-electron chi connectivity index (χ3n) is 3.30. The van der Waals surface area contributed by atoms with Crippen LogP contribution in [0.3, 0.4) is 0 Å². The quantitative estimate of drug-likeness (QED) is 0.307.